The first-order valence-electron chi connectivity index (χ1n) is 9.11. The minimum absolute atomic E-state index is 0.192. The van der Waals surface area contributed by atoms with Gasteiger partial charge in [0.2, 0.25) is 0 Å². The second kappa shape index (κ2) is 5.16. The first-order valence-corrected chi connectivity index (χ1v) is 9.93. The number of hydrogen-bond acceptors (Lipinski definition) is 3. The highest BCUT2D eigenvalue weighted by Crippen LogP contribution is 2.64. The fraction of sp³-hybridized carbons (Fsp3) is 0.700. The zero-order valence-corrected chi connectivity index (χ0v) is 14.7. The van der Waals surface area contributed by atoms with Crippen LogP contribution in [0, 0.1) is 17.8 Å². The minimum Gasteiger partial charge on any atom is -0.497 e. The van der Waals surface area contributed by atoms with Gasteiger partial charge in [0.1, 0.15) is 5.75 Å². The number of benzene rings is 1. The van der Waals surface area contributed by atoms with Crippen LogP contribution < -0.4 is 4.74 Å². The first-order chi connectivity index (χ1) is 11.2. The quantitative estimate of drug-likeness (QED) is 0.802. The van der Waals surface area contributed by atoms with Crippen molar-refractivity contribution in [2.45, 2.75) is 48.0 Å². The van der Waals surface area contributed by atoms with Crippen LogP contribution in [0.5, 0.6) is 5.75 Å². The SMILES string of the molecule is COc1ccc(C2(SC34CC5CC(CC(C5)C3)C4)COC2)cc1. The van der Waals surface area contributed by atoms with Gasteiger partial charge in [0.05, 0.1) is 25.1 Å². The molecule has 1 heterocycles. The predicted molar refractivity (Wildman–Crippen MR) is 94.0 cm³/mol. The van der Waals surface area contributed by atoms with E-state index in [1.54, 1.807) is 7.11 Å². The lowest BCUT2D eigenvalue weighted by Crippen LogP contribution is -2.54. The van der Waals surface area contributed by atoms with Crippen molar-refractivity contribution in [2.75, 3.05) is 20.3 Å². The Morgan fingerprint density at radius 2 is 1.52 bits per heavy atom. The molecule has 4 saturated carbocycles. The molecular formula is C20H26O2S. The lowest BCUT2D eigenvalue weighted by atomic mass is 9.56. The van der Waals surface area contributed by atoms with Crippen molar-refractivity contribution in [1.82, 2.24) is 0 Å². The molecule has 0 unspecified atom stereocenters. The highest BCUT2D eigenvalue weighted by atomic mass is 32.2. The molecule has 2 nitrogen and oxygen atoms in total. The van der Waals surface area contributed by atoms with Crippen LogP contribution in [-0.2, 0) is 9.48 Å². The molecule has 1 aromatic rings. The average Bonchev–Trinajstić information content (AvgIpc) is 2.50. The molecule has 0 amide bonds. The maximum absolute atomic E-state index is 5.71. The molecule has 0 radical (unpaired) electrons. The van der Waals surface area contributed by atoms with Crippen molar-refractivity contribution in [3.05, 3.63) is 29.8 Å². The highest BCUT2D eigenvalue weighted by Gasteiger charge is 2.56. The largest absolute Gasteiger partial charge is 0.497 e. The number of methoxy groups -OCH3 is 1. The second-order valence-corrected chi connectivity index (χ2v) is 10.3. The van der Waals surface area contributed by atoms with Gasteiger partial charge in [-0.3, -0.25) is 0 Å². The molecule has 6 rings (SSSR count). The zero-order valence-electron chi connectivity index (χ0n) is 13.9. The van der Waals surface area contributed by atoms with Gasteiger partial charge < -0.3 is 9.47 Å². The van der Waals surface area contributed by atoms with Crippen molar-refractivity contribution in [3.63, 3.8) is 0 Å². The Labute approximate surface area is 143 Å². The number of ether oxygens (including phenoxy) is 2. The van der Waals surface area contributed by atoms with Gasteiger partial charge in [0.25, 0.3) is 0 Å². The van der Waals surface area contributed by atoms with Crippen molar-refractivity contribution in [3.8, 4) is 5.75 Å². The summed E-state index contributed by atoms with van der Waals surface area (Å²) in [4.78, 5) is 0. The van der Waals surface area contributed by atoms with Crippen molar-refractivity contribution in [1.29, 1.82) is 0 Å². The van der Waals surface area contributed by atoms with Crippen LogP contribution in [0.2, 0.25) is 0 Å². The topological polar surface area (TPSA) is 18.5 Å². The number of thioether (sulfide) groups is 1. The molecule has 5 fully saturated rings. The fourth-order valence-electron chi connectivity index (χ4n) is 6.04. The average molecular weight is 330 g/mol. The van der Waals surface area contributed by atoms with Gasteiger partial charge in [-0.1, -0.05) is 12.1 Å². The van der Waals surface area contributed by atoms with Gasteiger partial charge >= 0.3 is 0 Å². The van der Waals surface area contributed by atoms with Crippen LogP contribution in [-0.4, -0.2) is 25.1 Å². The third kappa shape index (κ3) is 2.34. The fourth-order valence-corrected chi connectivity index (χ4v) is 8.36. The minimum atomic E-state index is 0.192. The van der Waals surface area contributed by atoms with E-state index in [-0.39, 0.29) is 4.75 Å². The molecule has 1 aliphatic heterocycles. The Balaban J connectivity index is 1.43. The Morgan fingerprint density at radius 3 is 1.96 bits per heavy atom. The van der Waals surface area contributed by atoms with Gasteiger partial charge in [-0.25, -0.2) is 0 Å². The summed E-state index contributed by atoms with van der Waals surface area (Å²) in [6, 6.07) is 8.73. The highest BCUT2D eigenvalue weighted by molar-refractivity contribution is 8.01. The maximum atomic E-state index is 5.71. The summed E-state index contributed by atoms with van der Waals surface area (Å²) in [5.41, 5.74) is 1.44. The van der Waals surface area contributed by atoms with E-state index in [9.17, 15) is 0 Å². The number of hydrogen-bond donors (Lipinski definition) is 0. The summed E-state index contributed by atoms with van der Waals surface area (Å²) in [5.74, 6) is 4.00. The molecule has 0 spiro atoms. The van der Waals surface area contributed by atoms with E-state index in [2.05, 4.69) is 36.0 Å². The lowest BCUT2D eigenvalue weighted by Gasteiger charge is -2.59. The molecule has 4 bridgehead atoms. The van der Waals surface area contributed by atoms with Crippen LogP contribution in [0.4, 0.5) is 0 Å². The van der Waals surface area contributed by atoms with E-state index in [4.69, 9.17) is 9.47 Å². The normalized spacial score (nSPS) is 40.0. The summed E-state index contributed by atoms with van der Waals surface area (Å²) in [6.45, 7) is 1.76. The van der Waals surface area contributed by atoms with E-state index >= 15 is 0 Å². The van der Waals surface area contributed by atoms with Gasteiger partial charge in [-0.05, 0) is 74.0 Å². The van der Waals surface area contributed by atoms with Crippen molar-refractivity contribution in [2.24, 2.45) is 17.8 Å². The molecule has 124 valence electrons. The second-order valence-electron chi connectivity index (χ2n) is 8.42. The van der Waals surface area contributed by atoms with Crippen molar-refractivity contribution >= 4 is 11.8 Å². The van der Waals surface area contributed by atoms with E-state index in [1.807, 2.05) is 0 Å². The third-order valence-electron chi connectivity index (χ3n) is 6.68. The van der Waals surface area contributed by atoms with Gasteiger partial charge in [-0.15, -0.1) is 11.8 Å². The van der Waals surface area contributed by atoms with Gasteiger partial charge in [0.15, 0.2) is 0 Å². The zero-order chi connectivity index (χ0) is 15.5. The summed E-state index contributed by atoms with van der Waals surface area (Å²) in [5, 5.41) is 0. The predicted octanol–water partition coefficient (Wildman–Crippen LogP) is 4.62. The maximum Gasteiger partial charge on any atom is 0.118 e. The molecular weight excluding hydrogens is 304 g/mol. The standard InChI is InChI=1S/C20H26O2S/c1-21-18-4-2-17(3-5-18)20(12-22-13-20)23-19-9-14-6-15(10-19)8-16(7-14)11-19/h2-5,14-16H,6-13H2,1H3. The van der Waals surface area contributed by atoms with E-state index in [0.717, 1.165) is 36.7 Å². The summed E-state index contributed by atoms with van der Waals surface area (Å²) < 4.78 is 11.8. The summed E-state index contributed by atoms with van der Waals surface area (Å²) >= 11 is 2.29. The van der Waals surface area contributed by atoms with Gasteiger partial charge in [0, 0.05) is 4.75 Å². The smallest absolute Gasteiger partial charge is 0.118 e. The van der Waals surface area contributed by atoms with E-state index < -0.39 is 0 Å². The molecule has 3 heteroatoms. The Bertz CT molecular complexity index is 555. The van der Waals surface area contributed by atoms with Crippen LogP contribution in [0.3, 0.4) is 0 Å². The molecule has 0 N–H and O–H groups in total. The van der Waals surface area contributed by atoms with E-state index in [1.165, 1.54) is 44.1 Å². The molecule has 0 atom stereocenters. The van der Waals surface area contributed by atoms with Gasteiger partial charge in [-0.2, -0.15) is 0 Å². The first kappa shape index (κ1) is 14.7. The van der Waals surface area contributed by atoms with Crippen LogP contribution in [0.15, 0.2) is 24.3 Å². The molecule has 1 aromatic carbocycles. The van der Waals surface area contributed by atoms with E-state index in [0.29, 0.717) is 4.75 Å². The third-order valence-corrected chi connectivity index (χ3v) is 8.48. The van der Waals surface area contributed by atoms with Crippen molar-refractivity contribution < 1.29 is 9.47 Å². The Kier molecular flexibility index (Phi) is 3.29. The molecule has 23 heavy (non-hydrogen) atoms. The summed E-state index contributed by atoms with van der Waals surface area (Å²) in [7, 11) is 1.74. The molecule has 5 aliphatic rings. The summed E-state index contributed by atoms with van der Waals surface area (Å²) in [6.07, 6.45) is 8.94. The molecule has 1 saturated heterocycles. The van der Waals surface area contributed by atoms with Crippen LogP contribution >= 0.6 is 11.8 Å². The van der Waals surface area contributed by atoms with Crippen LogP contribution in [0.1, 0.15) is 44.1 Å². The molecule has 4 aliphatic carbocycles. The Morgan fingerprint density at radius 1 is 0.957 bits per heavy atom. The monoisotopic (exact) mass is 330 g/mol. The molecule has 0 aromatic heterocycles. The number of rotatable bonds is 4. The lowest BCUT2D eigenvalue weighted by molar-refractivity contribution is -0.0156. The van der Waals surface area contributed by atoms with Crippen LogP contribution in [0.25, 0.3) is 0 Å². The Hall–Kier alpha value is -0.670.